The molecule has 0 atom stereocenters. The maximum absolute atomic E-state index is 5.62. The molecule has 1 nitrogen and oxygen atoms in total. The van der Waals surface area contributed by atoms with Crippen LogP contribution in [0, 0.1) is 0 Å². The van der Waals surface area contributed by atoms with Crippen molar-refractivity contribution in [3.63, 3.8) is 0 Å². The number of aryl methyl sites for hydroxylation is 1. The summed E-state index contributed by atoms with van der Waals surface area (Å²) in [5, 5.41) is 0. The normalized spacial score (nSPS) is 11.4. The van der Waals surface area contributed by atoms with Gasteiger partial charge in [0.05, 0.1) is 4.32 Å². The Kier molecular flexibility index (Phi) is 3.99. The first-order valence-corrected chi connectivity index (χ1v) is 5.71. The molecule has 0 aliphatic heterocycles. The zero-order valence-corrected chi connectivity index (χ0v) is 10.6. The van der Waals surface area contributed by atoms with Crippen molar-refractivity contribution in [2.75, 3.05) is 6.61 Å². The highest BCUT2D eigenvalue weighted by Crippen LogP contribution is 2.19. The van der Waals surface area contributed by atoms with E-state index in [0.29, 0.717) is 6.61 Å². The van der Waals surface area contributed by atoms with Crippen molar-refractivity contribution in [3.05, 3.63) is 29.8 Å². The molecule has 0 fully saturated rings. The van der Waals surface area contributed by atoms with Crippen molar-refractivity contribution in [1.82, 2.24) is 0 Å². The number of alkyl halides is 1. The van der Waals surface area contributed by atoms with E-state index in [1.54, 1.807) is 0 Å². The van der Waals surface area contributed by atoms with Crippen molar-refractivity contribution in [1.29, 1.82) is 0 Å². The van der Waals surface area contributed by atoms with Gasteiger partial charge in [-0.1, -0.05) is 35.0 Å². The molecule has 0 aromatic heterocycles. The molecule has 1 aromatic carbocycles. The standard InChI is InChI=1S/C12H17BrO/c1-4-10-5-7-11(8-6-10)14-9-12(2,3)13/h5-8H,4,9H2,1-3H3. The minimum atomic E-state index is 0.0381. The monoisotopic (exact) mass is 256 g/mol. The Morgan fingerprint density at radius 1 is 1.21 bits per heavy atom. The fraction of sp³-hybridized carbons (Fsp3) is 0.500. The van der Waals surface area contributed by atoms with Crippen molar-refractivity contribution >= 4 is 15.9 Å². The Morgan fingerprint density at radius 2 is 1.79 bits per heavy atom. The predicted octanol–water partition coefficient (Wildman–Crippen LogP) is 3.80. The first-order chi connectivity index (χ1) is 6.51. The Labute approximate surface area is 94.6 Å². The highest BCUT2D eigenvalue weighted by atomic mass is 79.9. The van der Waals surface area contributed by atoms with Crippen molar-refractivity contribution in [2.45, 2.75) is 31.5 Å². The molecule has 0 spiro atoms. The summed E-state index contributed by atoms with van der Waals surface area (Å²) in [6, 6.07) is 8.27. The third kappa shape index (κ3) is 4.14. The molecule has 78 valence electrons. The van der Waals surface area contributed by atoms with E-state index in [4.69, 9.17) is 4.74 Å². The second kappa shape index (κ2) is 4.83. The van der Waals surface area contributed by atoms with Crippen LogP contribution in [0.5, 0.6) is 5.75 Å². The number of hydrogen-bond acceptors (Lipinski definition) is 1. The predicted molar refractivity (Wildman–Crippen MR) is 64.3 cm³/mol. The zero-order valence-electron chi connectivity index (χ0n) is 9.01. The molecule has 1 rings (SSSR count). The average Bonchev–Trinajstić information content (AvgIpc) is 2.14. The topological polar surface area (TPSA) is 9.23 Å². The lowest BCUT2D eigenvalue weighted by molar-refractivity contribution is 0.290. The van der Waals surface area contributed by atoms with Crippen LogP contribution in [0.15, 0.2) is 24.3 Å². The van der Waals surface area contributed by atoms with Gasteiger partial charge in [0.25, 0.3) is 0 Å². The molecule has 0 radical (unpaired) electrons. The number of ether oxygens (including phenoxy) is 1. The van der Waals surface area contributed by atoms with Crippen LogP contribution in [0.3, 0.4) is 0 Å². The SMILES string of the molecule is CCc1ccc(OCC(C)(C)Br)cc1. The van der Waals surface area contributed by atoms with Crippen LogP contribution in [0.25, 0.3) is 0 Å². The Bertz CT molecular complexity index is 271. The molecule has 1 aromatic rings. The van der Waals surface area contributed by atoms with Crippen LogP contribution < -0.4 is 4.74 Å². The summed E-state index contributed by atoms with van der Waals surface area (Å²) in [6.45, 7) is 7.01. The highest BCUT2D eigenvalue weighted by molar-refractivity contribution is 9.10. The van der Waals surface area contributed by atoms with E-state index in [-0.39, 0.29) is 4.32 Å². The van der Waals surface area contributed by atoms with Gasteiger partial charge in [-0.25, -0.2) is 0 Å². The molecule has 0 amide bonds. The van der Waals surface area contributed by atoms with Crippen LogP contribution in [0.4, 0.5) is 0 Å². The van der Waals surface area contributed by atoms with Crippen molar-refractivity contribution in [2.24, 2.45) is 0 Å². The Morgan fingerprint density at radius 3 is 2.21 bits per heavy atom. The fourth-order valence-corrected chi connectivity index (χ4v) is 1.19. The third-order valence-electron chi connectivity index (χ3n) is 1.91. The van der Waals surface area contributed by atoms with Crippen LogP contribution in [-0.4, -0.2) is 10.9 Å². The summed E-state index contributed by atoms with van der Waals surface area (Å²) in [6.07, 6.45) is 1.07. The van der Waals surface area contributed by atoms with E-state index in [1.807, 2.05) is 12.1 Å². The first kappa shape index (κ1) is 11.6. The maximum Gasteiger partial charge on any atom is 0.119 e. The minimum absolute atomic E-state index is 0.0381. The molecule has 0 aliphatic rings. The fourth-order valence-electron chi connectivity index (χ4n) is 1.08. The Hall–Kier alpha value is -0.500. The van der Waals surface area contributed by atoms with Crippen LogP contribution in [0.2, 0.25) is 0 Å². The summed E-state index contributed by atoms with van der Waals surface area (Å²) in [5.41, 5.74) is 1.34. The molecular weight excluding hydrogens is 240 g/mol. The highest BCUT2D eigenvalue weighted by Gasteiger charge is 2.13. The van der Waals surface area contributed by atoms with Gasteiger partial charge in [0.1, 0.15) is 12.4 Å². The largest absolute Gasteiger partial charge is 0.492 e. The first-order valence-electron chi connectivity index (χ1n) is 4.92. The molecule has 0 saturated heterocycles. The molecular formula is C12H17BrO. The van der Waals surface area contributed by atoms with E-state index >= 15 is 0 Å². The number of halogens is 1. The van der Waals surface area contributed by atoms with Gasteiger partial charge in [-0.2, -0.15) is 0 Å². The van der Waals surface area contributed by atoms with Gasteiger partial charge < -0.3 is 4.74 Å². The van der Waals surface area contributed by atoms with E-state index in [2.05, 4.69) is 48.8 Å². The van der Waals surface area contributed by atoms with Crippen LogP contribution >= 0.6 is 15.9 Å². The third-order valence-corrected chi connectivity index (χ3v) is 2.14. The van der Waals surface area contributed by atoms with Gasteiger partial charge in [-0.05, 0) is 38.0 Å². The van der Waals surface area contributed by atoms with Gasteiger partial charge in [0, 0.05) is 0 Å². The van der Waals surface area contributed by atoms with Gasteiger partial charge in [0.2, 0.25) is 0 Å². The van der Waals surface area contributed by atoms with E-state index < -0.39 is 0 Å². The minimum Gasteiger partial charge on any atom is -0.492 e. The molecule has 0 aliphatic carbocycles. The average molecular weight is 257 g/mol. The van der Waals surface area contributed by atoms with Crippen LogP contribution in [-0.2, 0) is 6.42 Å². The van der Waals surface area contributed by atoms with Gasteiger partial charge in [-0.15, -0.1) is 0 Å². The summed E-state index contributed by atoms with van der Waals surface area (Å²) in [7, 11) is 0. The van der Waals surface area contributed by atoms with Crippen molar-refractivity contribution in [3.8, 4) is 5.75 Å². The van der Waals surface area contributed by atoms with Crippen LogP contribution in [0.1, 0.15) is 26.3 Å². The molecule has 0 N–H and O–H groups in total. The summed E-state index contributed by atoms with van der Waals surface area (Å²) < 4.78 is 5.66. The number of rotatable bonds is 4. The zero-order chi connectivity index (χ0) is 10.6. The molecule has 0 unspecified atom stereocenters. The molecule has 0 bridgehead atoms. The van der Waals surface area contributed by atoms with E-state index in [9.17, 15) is 0 Å². The summed E-state index contributed by atoms with van der Waals surface area (Å²) in [5.74, 6) is 0.940. The Balaban J connectivity index is 2.52. The summed E-state index contributed by atoms with van der Waals surface area (Å²) >= 11 is 3.54. The molecule has 0 heterocycles. The number of hydrogen-bond donors (Lipinski definition) is 0. The summed E-state index contributed by atoms with van der Waals surface area (Å²) in [4.78, 5) is 0. The second-order valence-electron chi connectivity index (χ2n) is 4.00. The van der Waals surface area contributed by atoms with Crippen molar-refractivity contribution < 1.29 is 4.74 Å². The smallest absolute Gasteiger partial charge is 0.119 e. The van der Waals surface area contributed by atoms with E-state index in [1.165, 1.54) is 5.56 Å². The maximum atomic E-state index is 5.62. The van der Waals surface area contributed by atoms with E-state index in [0.717, 1.165) is 12.2 Å². The second-order valence-corrected chi connectivity index (χ2v) is 6.15. The molecule has 14 heavy (non-hydrogen) atoms. The quantitative estimate of drug-likeness (QED) is 0.745. The lowest BCUT2D eigenvalue weighted by atomic mass is 10.2. The lowest BCUT2D eigenvalue weighted by Crippen LogP contribution is -2.20. The molecule has 2 heteroatoms. The van der Waals surface area contributed by atoms with Gasteiger partial charge >= 0.3 is 0 Å². The lowest BCUT2D eigenvalue weighted by Gasteiger charge is -2.16. The van der Waals surface area contributed by atoms with Gasteiger partial charge in [0.15, 0.2) is 0 Å². The number of benzene rings is 1. The van der Waals surface area contributed by atoms with Gasteiger partial charge in [-0.3, -0.25) is 0 Å². The molecule has 0 saturated carbocycles.